The molecule has 540 valence electrons. The molecule has 10 N–H and O–H groups in total. The van der Waals surface area contributed by atoms with Crippen LogP contribution in [-0.4, -0.2) is 167 Å². The predicted octanol–water partition coefficient (Wildman–Crippen LogP) is 9.41. The summed E-state index contributed by atoms with van der Waals surface area (Å²) >= 11 is 1.41. The van der Waals surface area contributed by atoms with Crippen molar-refractivity contribution in [1.29, 1.82) is 0 Å². The lowest BCUT2D eigenvalue weighted by atomic mass is 9.87. The molecular weight excluding hydrogens is 1310 g/mol. The lowest BCUT2D eigenvalue weighted by molar-refractivity contribution is 0.0935. The summed E-state index contributed by atoms with van der Waals surface area (Å²) in [4.78, 5) is 90.7. The van der Waals surface area contributed by atoms with Gasteiger partial charge in [0.25, 0.3) is 17.7 Å². The van der Waals surface area contributed by atoms with Crippen LogP contribution in [-0.2, 0) is 45.4 Å². The van der Waals surface area contributed by atoms with E-state index in [2.05, 4.69) is 70.4 Å². The number of nitrogen functional groups attached to an aromatic ring is 1. The molecule has 4 aliphatic rings. The van der Waals surface area contributed by atoms with Gasteiger partial charge in [0.1, 0.15) is 43.6 Å². The van der Waals surface area contributed by atoms with E-state index in [-0.39, 0.29) is 35.0 Å². The zero-order valence-corrected chi connectivity index (χ0v) is 60.3. The highest BCUT2D eigenvalue weighted by Crippen LogP contribution is 2.37. The van der Waals surface area contributed by atoms with E-state index in [1.807, 2.05) is 42.9 Å². The first-order chi connectivity index (χ1) is 49.5. The molecule has 1 aliphatic carbocycles. The average molecular weight is 1410 g/mol. The van der Waals surface area contributed by atoms with Crippen LogP contribution in [0.4, 0.5) is 23.3 Å². The first-order valence-corrected chi connectivity index (χ1v) is 37.4. The number of aromatic nitrogens is 9. The van der Waals surface area contributed by atoms with Crippen molar-refractivity contribution in [2.45, 2.75) is 175 Å². The fourth-order valence-corrected chi connectivity index (χ4v) is 16.4. The summed E-state index contributed by atoms with van der Waals surface area (Å²) in [6.07, 6.45) is 16.2. The van der Waals surface area contributed by atoms with Gasteiger partial charge in [-0.05, 0) is 177 Å². The van der Waals surface area contributed by atoms with Crippen LogP contribution in [0.3, 0.4) is 0 Å². The Morgan fingerprint density at radius 3 is 1.76 bits per heavy atom. The molecule has 0 saturated carbocycles. The topological polar surface area (TPSA) is 324 Å². The zero-order chi connectivity index (χ0) is 71.1. The van der Waals surface area contributed by atoms with Gasteiger partial charge in [0.2, 0.25) is 23.7 Å². The number of hydrogen-bond donors (Lipinski definition) is 7. The van der Waals surface area contributed by atoms with E-state index in [9.17, 15) is 24.0 Å². The van der Waals surface area contributed by atoms with Gasteiger partial charge in [-0.15, -0.1) is 11.3 Å². The molecule has 102 heavy (non-hydrogen) atoms. The Morgan fingerprint density at radius 2 is 1.18 bits per heavy atom. The van der Waals surface area contributed by atoms with E-state index < -0.39 is 23.6 Å². The summed E-state index contributed by atoms with van der Waals surface area (Å²) in [5, 5.41) is 22.9. The molecule has 0 unspecified atom stereocenters. The number of primary amides is 2. The molecule has 3 aliphatic heterocycles. The number of nitrogens with zero attached hydrogens (tertiary/aromatic N) is 12. The largest absolute Gasteiger partial charge is 0.494 e. The monoisotopic (exact) mass is 1410 g/mol. The Labute approximate surface area is 598 Å². The van der Waals surface area contributed by atoms with E-state index in [1.165, 1.54) is 80.2 Å². The molecule has 0 radical (unpaired) electrons. The zero-order valence-electron chi connectivity index (χ0n) is 59.5. The van der Waals surface area contributed by atoms with Crippen LogP contribution in [0.25, 0.3) is 32.3 Å². The van der Waals surface area contributed by atoms with Crippen molar-refractivity contribution in [1.82, 2.24) is 64.1 Å². The van der Waals surface area contributed by atoms with Crippen molar-refractivity contribution in [3.05, 3.63) is 122 Å². The molecular formula is C75H97N19O7S. The maximum atomic E-state index is 14.1. The molecule has 26 nitrogen and oxygen atoms in total. The number of pyridine rings is 1. The lowest BCUT2D eigenvalue weighted by Gasteiger charge is -2.35. The van der Waals surface area contributed by atoms with Crippen molar-refractivity contribution in [3.63, 3.8) is 0 Å². The summed E-state index contributed by atoms with van der Waals surface area (Å²) in [6, 6.07) is 22.2. The third-order valence-corrected chi connectivity index (χ3v) is 21.8. The minimum atomic E-state index is -0.655. The van der Waals surface area contributed by atoms with Crippen molar-refractivity contribution < 1.29 is 33.4 Å². The van der Waals surface area contributed by atoms with Gasteiger partial charge < -0.3 is 61.1 Å². The molecule has 13 rings (SSSR count). The number of carbonyl (C=O) groups is 5. The number of benzene rings is 3. The van der Waals surface area contributed by atoms with E-state index in [1.54, 1.807) is 45.8 Å². The third kappa shape index (κ3) is 16.1. The molecule has 3 fully saturated rings. The second-order valence-electron chi connectivity index (χ2n) is 27.9. The van der Waals surface area contributed by atoms with Crippen LogP contribution in [0, 0.1) is 13.8 Å². The number of piperazine rings is 2. The molecule has 27 heteroatoms. The van der Waals surface area contributed by atoms with Gasteiger partial charge in [-0.25, -0.2) is 15.0 Å². The smallest absolute Gasteiger partial charge is 0.276 e. The van der Waals surface area contributed by atoms with Crippen molar-refractivity contribution >= 4 is 96.4 Å². The fraction of sp³-hybridized carbons (Fsp3) is 0.493. The molecule has 3 aromatic carbocycles. The number of anilines is 4. The van der Waals surface area contributed by atoms with Gasteiger partial charge in [-0.2, -0.15) is 10.2 Å². The number of carbonyl (C=O) groups excluding carboxylic acids is 5. The quantitative estimate of drug-likeness (QED) is 0.0193. The summed E-state index contributed by atoms with van der Waals surface area (Å²) in [5.74, 6) is -0.961. The van der Waals surface area contributed by atoms with Crippen LogP contribution in [0.5, 0.6) is 11.5 Å². The van der Waals surface area contributed by atoms with Crippen LogP contribution in [0.15, 0.2) is 66.7 Å². The molecule has 3 saturated heterocycles. The van der Waals surface area contributed by atoms with Crippen molar-refractivity contribution in [3.8, 4) is 11.5 Å². The Bertz CT molecular complexity index is 4550. The normalized spacial score (nSPS) is 17.0. The summed E-state index contributed by atoms with van der Waals surface area (Å²) in [5.41, 5.74) is 28.4. The van der Waals surface area contributed by atoms with Gasteiger partial charge in [0.15, 0.2) is 0 Å². The van der Waals surface area contributed by atoms with E-state index in [4.69, 9.17) is 41.6 Å². The number of hydrogen-bond acceptors (Lipinski definition) is 18. The molecule has 2 bridgehead atoms. The number of ether oxygens (including phenoxy) is 2. The molecule has 9 heterocycles. The number of nitrogens with one attached hydrogen (secondary N) is 4. The van der Waals surface area contributed by atoms with E-state index in [0.29, 0.717) is 125 Å². The number of rotatable bonds is 32. The predicted molar refractivity (Wildman–Crippen MR) is 398 cm³/mol. The van der Waals surface area contributed by atoms with Crippen LogP contribution >= 0.6 is 11.3 Å². The number of methoxy groups -OCH3 is 1. The second kappa shape index (κ2) is 31.8. The molecule has 5 amide bonds. The number of unbranched alkanes of at least 4 members (excludes halogenated alkanes) is 7. The maximum absolute atomic E-state index is 14.1. The van der Waals surface area contributed by atoms with Gasteiger partial charge in [-0.1, -0.05) is 38.2 Å². The summed E-state index contributed by atoms with van der Waals surface area (Å²) in [7, 11) is 1.49. The van der Waals surface area contributed by atoms with Crippen molar-refractivity contribution in [2.75, 3.05) is 87.3 Å². The summed E-state index contributed by atoms with van der Waals surface area (Å²) in [6.45, 7) is 17.5. The maximum Gasteiger partial charge on any atom is 0.276 e. The first kappa shape index (κ1) is 71.0. The van der Waals surface area contributed by atoms with Gasteiger partial charge in [0.05, 0.1) is 41.8 Å². The molecule has 9 aromatic rings. The Kier molecular flexibility index (Phi) is 22.2. The third-order valence-electron chi connectivity index (χ3n) is 20.7. The van der Waals surface area contributed by atoms with Crippen molar-refractivity contribution in [2.24, 2.45) is 11.5 Å². The highest BCUT2D eigenvalue weighted by molar-refractivity contribution is 7.21. The van der Waals surface area contributed by atoms with Crippen LogP contribution in [0.2, 0.25) is 0 Å². The minimum absolute atomic E-state index is 0.0730. The molecule has 3 atom stereocenters. The minimum Gasteiger partial charge on any atom is -0.494 e. The van der Waals surface area contributed by atoms with Crippen LogP contribution < -0.4 is 52.8 Å². The molecule has 0 spiro atoms. The summed E-state index contributed by atoms with van der Waals surface area (Å²) < 4.78 is 19.4. The van der Waals surface area contributed by atoms with Gasteiger partial charge in [0, 0.05) is 118 Å². The standard InChI is InChI=1S/C75H97N19O7S/c1-6-93-60(36-46(3)86-93)70(97)84-74-82-58-40-50(68(77)95)42-62(100-5)65(58)91(74)29-15-16-30-92-66-59(83-75(92)85-71(98)61-37-47(4)87-94(61)7-2)41-51(69(78)96)43-63(66)101-35-17-28-89-33-31-88(32-34-89)27-14-12-10-8-9-11-13-18-52-24-26-57-64(76)67(102-73(57)81-52)72(99)80-53-21-19-49-39-56(25-20-48(49)38-53)90-44-54-22-23-55(45-90)79-54/h20,24-26,36-37,39-43,53-55,79H,6-19,21-23,27-35,38,44-45,76H2,1-5H3,(H2,77,95)(H2,78,96)(H,80,99)(H,82,84,97)(H,83,85,98)/t53-,54-,55+/m0/s1. The number of imidazole rings is 2. The number of amides is 5. The van der Waals surface area contributed by atoms with Crippen LogP contribution in [0.1, 0.15) is 177 Å². The average Bonchev–Trinajstić information content (AvgIpc) is 1.57. The second-order valence-corrected chi connectivity index (χ2v) is 28.9. The lowest BCUT2D eigenvalue weighted by Crippen LogP contribution is -2.51. The Morgan fingerprint density at radius 1 is 0.618 bits per heavy atom. The van der Waals surface area contributed by atoms with E-state index in [0.717, 1.165) is 113 Å². The Balaban J connectivity index is 0.561. The van der Waals surface area contributed by atoms with Gasteiger partial charge >= 0.3 is 0 Å². The number of thiophene rings is 1. The first-order valence-electron chi connectivity index (χ1n) is 36.6. The SMILES string of the molecule is CCn1nc(C)cc1C(=O)Nc1nc2cc(C(N)=O)cc(OC)c2n1CCCCn1c(NC(=O)c2cc(C)nn2CC)nc2cc(C(N)=O)cc(OCCCN3CCN(CCCCCCCCCc4ccc5c(N)c(C(=O)N[C@H]6CCc7cc(N8C[C@H]9CC[C@@H](C8)N9)ccc7C6)sc5n4)CC3)c21. The number of nitrogens with two attached hydrogens (primary N) is 3. The number of fused-ring (bicyclic) bond motifs is 6. The highest BCUT2D eigenvalue weighted by atomic mass is 32.1. The molecule has 6 aromatic heterocycles. The Hall–Kier alpha value is -9.44. The highest BCUT2D eigenvalue weighted by Gasteiger charge is 2.34. The van der Waals surface area contributed by atoms with E-state index >= 15 is 0 Å². The fourth-order valence-electron chi connectivity index (χ4n) is 15.3. The number of aryl methyl sites for hydroxylation is 8. The van der Waals surface area contributed by atoms with Gasteiger partial charge in [-0.3, -0.25) is 44.0 Å².